The second-order valence-electron chi connectivity index (χ2n) is 7.74. The van der Waals surface area contributed by atoms with Gasteiger partial charge in [-0.05, 0) is 54.9 Å². The summed E-state index contributed by atoms with van der Waals surface area (Å²) in [6, 6.07) is 12.3. The molecule has 27 heavy (non-hydrogen) atoms. The number of hydrogen-bond donors (Lipinski definition) is 0. The molecule has 0 bridgehead atoms. The average Bonchev–Trinajstić information content (AvgIpc) is 2.73. The van der Waals surface area contributed by atoms with Crippen molar-refractivity contribution in [3.05, 3.63) is 42.6 Å². The Morgan fingerprint density at radius 3 is 2.15 bits per heavy atom. The van der Waals surface area contributed by atoms with Crippen LogP contribution in [-0.4, -0.2) is 18.2 Å². The standard InChI is InChI=1S/C24H33NO2/c1-3-5-19-6-8-20(9-7-19)18-27-24-15-12-22(17-25-24)21-10-13-23(14-11-21)26-16-4-2/h10-15,17,19-20H,3-9,16,18H2,1-2H3/t19-,20-. The van der Waals surface area contributed by atoms with Gasteiger partial charge in [-0.3, -0.25) is 0 Å². The summed E-state index contributed by atoms with van der Waals surface area (Å²) in [6.07, 6.45) is 11.0. The van der Waals surface area contributed by atoms with E-state index in [0.29, 0.717) is 5.92 Å². The Bertz CT molecular complexity index is 658. The highest BCUT2D eigenvalue weighted by Crippen LogP contribution is 2.32. The van der Waals surface area contributed by atoms with E-state index in [-0.39, 0.29) is 0 Å². The van der Waals surface area contributed by atoms with Crippen LogP contribution in [0.2, 0.25) is 0 Å². The molecule has 0 saturated heterocycles. The third-order valence-corrected chi connectivity index (χ3v) is 5.53. The molecule has 3 nitrogen and oxygen atoms in total. The third kappa shape index (κ3) is 5.98. The highest BCUT2D eigenvalue weighted by atomic mass is 16.5. The zero-order valence-corrected chi connectivity index (χ0v) is 16.8. The summed E-state index contributed by atoms with van der Waals surface area (Å²) in [4.78, 5) is 4.50. The summed E-state index contributed by atoms with van der Waals surface area (Å²) < 4.78 is 11.6. The average molecular weight is 368 g/mol. The van der Waals surface area contributed by atoms with Gasteiger partial charge in [-0.25, -0.2) is 4.98 Å². The van der Waals surface area contributed by atoms with Gasteiger partial charge in [0.2, 0.25) is 5.88 Å². The van der Waals surface area contributed by atoms with E-state index >= 15 is 0 Å². The van der Waals surface area contributed by atoms with Gasteiger partial charge in [0.05, 0.1) is 13.2 Å². The van der Waals surface area contributed by atoms with E-state index in [1.54, 1.807) is 0 Å². The fourth-order valence-corrected chi connectivity index (χ4v) is 3.90. The first-order valence-corrected chi connectivity index (χ1v) is 10.6. The third-order valence-electron chi connectivity index (χ3n) is 5.53. The summed E-state index contributed by atoms with van der Waals surface area (Å²) in [5, 5.41) is 0. The molecule has 2 aromatic rings. The Labute approximate surface area is 164 Å². The zero-order chi connectivity index (χ0) is 18.9. The van der Waals surface area contributed by atoms with Gasteiger partial charge in [0.1, 0.15) is 5.75 Å². The van der Waals surface area contributed by atoms with Crippen LogP contribution in [0.25, 0.3) is 11.1 Å². The molecule has 0 radical (unpaired) electrons. The Balaban J connectivity index is 1.47. The van der Waals surface area contributed by atoms with Crippen molar-refractivity contribution < 1.29 is 9.47 Å². The molecule has 3 rings (SSSR count). The molecule has 1 saturated carbocycles. The van der Waals surface area contributed by atoms with E-state index in [2.05, 4.69) is 37.0 Å². The SMILES string of the molecule is CCCOc1ccc(-c2ccc(OC[C@H]3CC[C@H](CCC)CC3)nc2)cc1. The molecule has 1 aliphatic rings. The predicted octanol–water partition coefficient (Wildman–Crippen LogP) is 6.52. The van der Waals surface area contributed by atoms with Crippen molar-refractivity contribution in [3.8, 4) is 22.8 Å². The van der Waals surface area contributed by atoms with Crippen LogP contribution < -0.4 is 9.47 Å². The van der Waals surface area contributed by atoms with Crippen LogP contribution in [0.1, 0.15) is 58.8 Å². The first-order chi connectivity index (χ1) is 13.3. The van der Waals surface area contributed by atoms with Gasteiger partial charge < -0.3 is 9.47 Å². The fraction of sp³-hybridized carbons (Fsp3) is 0.542. The fourth-order valence-electron chi connectivity index (χ4n) is 3.90. The molecule has 0 unspecified atom stereocenters. The maximum Gasteiger partial charge on any atom is 0.213 e. The van der Waals surface area contributed by atoms with Gasteiger partial charge in [-0.15, -0.1) is 0 Å². The Hall–Kier alpha value is -2.03. The van der Waals surface area contributed by atoms with Crippen LogP contribution in [0.15, 0.2) is 42.6 Å². The Morgan fingerprint density at radius 2 is 1.52 bits per heavy atom. The minimum atomic E-state index is 0.690. The molecule has 0 spiro atoms. The van der Waals surface area contributed by atoms with Crippen LogP contribution >= 0.6 is 0 Å². The first kappa shape index (κ1) is 19.7. The summed E-state index contributed by atoms with van der Waals surface area (Å²) >= 11 is 0. The molecule has 1 fully saturated rings. The van der Waals surface area contributed by atoms with Crippen LogP contribution in [0, 0.1) is 11.8 Å². The van der Waals surface area contributed by atoms with Crippen molar-refractivity contribution in [1.29, 1.82) is 0 Å². The summed E-state index contributed by atoms with van der Waals surface area (Å²) in [5.74, 6) is 3.29. The lowest BCUT2D eigenvalue weighted by Gasteiger charge is -2.28. The lowest BCUT2D eigenvalue weighted by atomic mass is 9.80. The maximum absolute atomic E-state index is 5.96. The van der Waals surface area contributed by atoms with Crippen LogP contribution in [0.3, 0.4) is 0 Å². The lowest BCUT2D eigenvalue weighted by Crippen LogP contribution is -2.20. The smallest absolute Gasteiger partial charge is 0.213 e. The number of pyridine rings is 1. The molecule has 0 N–H and O–H groups in total. The van der Waals surface area contributed by atoms with Gasteiger partial charge >= 0.3 is 0 Å². The lowest BCUT2D eigenvalue weighted by molar-refractivity contribution is 0.174. The molecule has 0 amide bonds. The van der Waals surface area contributed by atoms with Gasteiger partial charge in [-0.2, -0.15) is 0 Å². The summed E-state index contributed by atoms with van der Waals surface area (Å²) in [7, 11) is 0. The van der Waals surface area contributed by atoms with E-state index < -0.39 is 0 Å². The highest BCUT2D eigenvalue weighted by molar-refractivity contribution is 5.63. The molecule has 1 aliphatic carbocycles. The molecule has 0 aliphatic heterocycles. The molecule has 1 aromatic heterocycles. The minimum absolute atomic E-state index is 0.690. The Kier molecular flexibility index (Phi) is 7.55. The number of hydrogen-bond acceptors (Lipinski definition) is 3. The van der Waals surface area contributed by atoms with E-state index in [9.17, 15) is 0 Å². The van der Waals surface area contributed by atoms with Crippen LogP contribution in [-0.2, 0) is 0 Å². The number of nitrogens with zero attached hydrogens (tertiary/aromatic N) is 1. The molecular formula is C24H33NO2. The van der Waals surface area contributed by atoms with Gasteiger partial charge in [0, 0.05) is 17.8 Å². The van der Waals surface area contributed by atoms with Crippen molar-refractivity contribution >= 4 is 0 Å². The minimum Gasteiger partial charge on any atom is -0.494 e. The highest BCUT2D eigenvalue weighted by Gasteiger charge is 2.21. The molecule has 1 heterocycles. The second-order valence-corrected chi connectivity index (χ2v) is 7.74. The number of aromatic nitrogens is 1. The quantitative estimate of drug-likeness (QED) is 0.505. The molecule has 0 atom stereocenters. The number of ether oxygens (including phenoxy) is 2. The molecule has 146 valence electrons. The van der Waals surface area contributed by atoms with Gasteiger partial charge in [0.15, 0.2) is 0 Å². The predicted molar refractivity (Wildman–Crippen MR) is 111 cm³/mol. The van der Waals surface area contributed by atoms with Crippen molar-refractivity contribution in [1.82, 2.24) is 4.98 Å². The molecular weight excluding hydrogens is 334 g/mol. The molecule has 3 heteroatoms. The topological polar surface area (TPSA) is 31.4 Å². The van der Waals surface area contributed by atoms with E-state index in [1.165, 1.54) is 38.5 Å². The largest absolute Gasteiger partial charge is 0.494 e. The molecule has 1 aromatic carbocycles. The normalized spacial score (nSPS) is 19.6. The van der Waals surface area contributed by atoms with Crippen molar-refractivity contribution in [2.24, 2.45) is 11.8 Å². The van der Waals surface area contributed by atoms with Crippen molar-refractivity contribution in [2.45, 2.75) is 58.8 Å². The summed E-state index contributed by atoms with van der Waals surface area (Å²) in [5.41, 5.74) is 2.25. The van der Waals surface area contributed by atoms with Crippen LogP contribution in [0.4, 0.5) is 0 Å². The zero-order valence-electron chi connectivity index (χ0n) is 16.8. The van der Waals surface area contributed by atoms with Gasteiger partial charge in [-0.1, -0.05) is 51.7 Å². The van der Waals surface area contributed by atoms with Crippen LogP contribution in [0.5, 0.6) is 11.6 Å². The van der Waals surface area contributed by atoms with E-state index in [0.717, 1.165) is 48.3 Å². The first-order valence-electron chi connectivity index (χ1n) is 10.6. The summed E-state index contributed by atoms with van der Waals surface area (Å²) in [6.45, 7) is 5.96. The van der Waals surface area contributed by atoms with E-state index in [4.69, 9.17) is 9.47 Å². The monoisotopic (exact) mass is 367 g/mol. The second kappa shape index (κ2) is 10.3. The van der Waals surface area contributed by atoms with Crippen molar-refractivity contribution in [3.63, 3.8) is 0 Å². The Morgan fingerprint density at radius 1 is 0.815 bits per heavy atom. The maximum atomic E-state index is 5.96. The number of benzene rings is 1. The number of rotatable bonds is 9. The van der Waals surface area contributed by atoms with E-state index in [1.807, 2.05) is 24.4 Å². The van der Waals surface area contributed by atoms with Gasteiger partial charge in [0.25, 0.3) is 0 Å². The van der Waals surface area contributed by atoms with Crippen molar-refractivity contribution in [2.75, 3.05) is 13.2 Å².